The van der Waals surface area contributed by atoms with E-state index in [1.165, 1.54) is 43.2 Å². The zero-order valence-corrected chi connectivity index (χ0v) is 32.5. The topological polar surface area (TPSA) is 122 Å². The summed E-state index contributed by atoms with van der Waals surface area (Å²) in [5, 5.41) is 15.0. The Morgan fingerprint density at radius 2 is 1.55 bits per heavy atom. The van der Waals surface area contributed by atoms with Crippen LogP contribution in [0.2, 0.25) is 0 Å². The first-order chi connectivity index (χ1) is 23.5. The molecule has 2 aromatic carbocycles. The van der Waals surface area contributed by atoms with Gasteiger partial charge >= 0.3 is 0 Å². The number of aliphatic hydroxyl groups excluding tert-OH is 1. The van der Waals surface area contributed by atoms with Crippen LogP contribution in [0.3, 0.4) is 0 Å². The summed E-state index contributed by atoms with van der Waals surface area (Å²) in [5.41, 5.74) is 8.03. The van der Waals surface area contributed by atoms with Crippen molar-refractivity contribution in [3.63, 3.8) is 0 Å². The molecule has 1 aliphatic carbocycles. The van der Waals surface area contributed by atoms with Gasteiger partial charge in [-0.1, -0.05) is 140 Å². The fraction of sp³-hybridized carbons (Fsp3) is 0.610. The van der Waals surface area contributed by atoms with E-state index < -0.39 is 28.9 Å². The molecule has 0 aromatic heterocycles. The van der Waals surface area contributed by atoms with E-state index in [9.17, 15) is 18.9 Å². The van der Waals surface area contributed by atoms with E-state index in [0.29, 0.717) is 24.6 Å². The predicted octanol–water partition coefficient (Wildman–Crippen LogP) is 7.36. The Bertz CT molecular complexity index is 1120. The summed E-state index contributed by atoms with van der Waals surface area (Å²) in [5.74, 6) is 3.58. The van der Waals surface area contributed by atoms with Gasteiger partial charge in [0.15, 0.2) is 0 Å². The summed E-state index contributed by atoms with van der Waals surface area (Å²) < 4.78 is 11.5. The molecule has 0 saturated heterocycles. The van der Waals surface area contributed by atoms with Gasteiger partial charge in [-0.05, 0) is 43.6 Å². The molecule has 7 nitrogen and oxygen atoms in total. The van der Waals surface area contributed by atoms with Crippen molar-refractivity contribution in [3.05, 3.63) is 71.8 Å². The number of nitrogens with two attached hydrogens (primary N) is 1. The first kappa shape index (κ1) is 48.1. The maximum Gasteiger partial charge on any atom is 0.243 e. The van der Waals surface area contributed by atoms with Crippen molar-refractivity contribution >= 4 is 22.6 Å². The van der Waals surface area contributed by atoms with Gasteiger partial charge in [0.2, 0.25) is 11.8 Å². The molecule has 49 heavy (non-hydrogen) atoms. The highest BCUT2D eigenvalue weighted by atomic mass is 32.2. The number of aryl methyl sites for hydroxylation is 2. The van der Waals surface area contributed by atoms with Crippen molar-refractivity contribution in [2.75, 3.05) is 24.6 Å². The van der Waals surface area contributed by atoms with E-state index in [2.05, 4.69) is 87.6 Å². The van der Waals surface area contributed by atoms with Gasteiger partial charge in [0, 0.05) is 48.2 Å². The lowest BCUT2D eigenvalue weighted by atomic mass is 9.91. The van der Waals surface area contributed by atoms with Crippen molar-refractivity contribution in [3.8, 4) is 12.3 Å². The second-order valence-electron chi connectivity index (χ2n) is 12.5. The van der Waals surface area contributed by atoms with Crippen molar-refractivity contribution in [1.29, 1.82) is 0 Å². The summed E-state index contributed by atoms with van der Waals surface area (Å²) >= 11 is 0. The minimum absolute atomic E-state index is 0.0397. The highest BCUT2D eigenvalue weighted by Crippen LogP contribution is 2.22. The molecule has 2 aromatic rings. The standard InChI is InChI=1S/C17H31N3O4S.C8H10.C7H14.C7H8.C2H6/c1-4-5-15(20-16(22)8-10-25(24)11-9-18)17(23)19-12-14(21)7-6-13(2)3;1-2-8-6-4-3-5-7-8;2*1-7-5-3-2-4-6-7;1-2/h1,13-15,21H,5-12,18H2,2-3H3,(H,19,23)(H,20,22);3-7H,2H2,1H3;7H,2-6H2,1H3;2-6H,1H3;1-2H3/t14-,15-,25?;;;;/m0..../s1. The number of carbonyl (C=O) groups excluding carboxylic acids is 2. The second kappa shape index (κ2) is 33.5. The number of carbonyl (C=O) groups is 2. The Labute approximate surface area is 302 Å². The zero-order valence-electron chi connectivity index (χ0n) is 31.7. The highest BCUT2D eigenvalue weighted by Gasteiger charge is 2.20. The lowest BCUT2D eigenvalue weighted by Gasteiger charge is -2.18. The molecule has 0 bridgehead atoms. The van der Waals surface area contributed by atoms with Gasteiger partial charge in [0.05, 0.1) is 6.10 Å². The number of terminal acetylenes is 1. The molecule has 1 unspecified atom stereocenters. The third-order valence-corrected chi connectivity index (χ3v) is 8.90. The van der Waals surface area contributed by atoms with Gasteiger partial charge in [-0.15, -0.1) is 12.3 Å². The van der Waals surface area contributed by atoms with Crippen LogP contribution in [0.4, 0.5) is 0 Å². The first-order valence-corrected chi connectivity index (χ1v) is 19.8. The minimum Gasteiger partial charge on any atom is -0.391 e. The third-order valence-electron chi connectivity index (χ3n) is 7.55. The van der Waals surface area contributed by atoms with Crippen LogP contribution in [0.15, 0.2) is 60.7 Å². The number of benzene rings is 2. The number of hydrogen-bond acceptors (Lipinski definition) is 5. The quantitative estimate of drug-likeness (QED) is 0.154. The molecular formula is C41H69N3O4S. The summed E-state index contributed by atoms with van der Waals surface area (Å²) in [6, 6.07) is 19.9. The van der Waals surface area contributed by atoms with E-state index >= 15 is 0 Å². The molecule has 278 valence electrons. The minimum atomic E-state index is -1.15. The Morgan fingerprint density at radius 1 is 0.980 bits per heavy atom. The van der Waals surface area contributed by atoms with Crippen LogP contribution < -0.4 is 16.4 Å². The molecule has 0 radical (unpaired) electrons. The maximum absolute atomic E-state index is 12.1. The smallest absolute Gasteiger partial charge is 0.243 e. The van der Waals surface area contributed by atoms with Crippen molar-refractivity contribution in [1.82, 2.24) is 10.6 Å². The normalized spacial score (nSPS) is 13.8. The molecule has 5 N–H and O–H groups in total. The van der Waals surface area contributed by atoms with Gasteiger partial charge < -0.3 is 21.5 Å². The molecule has 1 aliphatic rings. The summed E-state index contributed by atoms with van der Waals surface area (Å²) in [6.07, 6.45) is 14.7. The van der Waals surface area contributed by atoms with Crippen molar-refractivity contribution in [2.45, 2.75) is 125 Å². The van der Waals surface area contributed by atoms with E-state index in [1.807, 2.05) is 38.1 Å². The molecule has 0 aliphatic heterocycles. The van der Waals surface area contributed by atoms with E-state index in [0.717, 1.165) is 18.8 Å². The Kier molecular flexibility index (Phi) is 32.9. The molecule has 0 heterocycles. The number of amides is 2. The monoisotopic (exact) mass is 700 g/mol. The molecule has 0 spiro atoms. The molecular weight excluding hydrogens is 631 g/mol. The van der Waals surface area contributed by atoms with Crippen LogP contribution in [0.1, 0.15) is 110 Å². The highest BCUT2D eigenvalue weighted by molar-refractivity contribution is 7.85. The van der Waals surface area contributed by atoms with Crippen LogP contribution in [-0.2, 0) is 26.8 Å². The molecule has 2 amide bonds. The first-order valence-electron chi connectivity index (χ1n) is 18.3. The number of rotatable bonds is 14. The summed E-state index contributed by atoms with van der Waals surface area (Å²) in [7, 11) is -1.15. The van der Waals surface area contributed by atoms with E-state index in [1.54, 1.807) is 0 Å². The average Bonchev–Trinajstić information content (AvgIpc) is 3.11. The lowest BCUT2D eigenvalue weighted by molar-refractivity contribution is -0.129. The number of hydrogen-bond donors (Lipinski definition) is 4. The van der Waals surface area contributed by atoms with Gasteiger partial charge in [0.1, 0.15) is 6.04 Å². The van der Waals surface area contributed by atoms with Crippen LogP contribution in [0, 0.1) is 31.1 Å². The van der Waals surface area contributed by atoms with Gasteiger partial charge in [-0.3, -0.25) is 13.8 Å². The van der Waals surface area contributed by atoms with E-state index in [-0.39, 0.29) is 31.0 Å². The summed E-state index contributed by atoms with van der Waals surface area (Å²) in [4.78, 5) is 24.0. The second-order valence-corrected chi connectivity index (χ2v) is 14.2. The van der Waals surface area contributed by atoms with Gasteiger partial charge in [-0.25, -0.2) is 0 Å². The summed E-state index contributed by atoms with van der Waals surface area (Å²) in [6.45, 7) is 15.1. The van der Waals surface area contributed by atoms with Crippen molar-refractivity contribution in [2.24, 2.45) is 17.6 Å². The molecule has 1 saturated carbocycles. The fourth-order valence-corrected chi connectivity index (χ4v) is 5.44. The lowest BCUT2D eigenvalue weighted by Crippen LogP contribution is -2.48. The Hall–Kier alpha value is -2.99. The SMILES string of the molecule is C#CC[C@H](NC(=O)CCS(=O)CCN)C(=O)NC[C@@H](O)CCC(C)C.CC.CC1CCCCC1.CCc1ccccc1.Cc1ccccc1. The Balaban J connectivity index is 0. The predicted molar refractivity (Wildman–Crippen MR) is 211 cm³/mol. The average molecular weight is 700 g/mol. The van der Waals surface area contributed by atoms with Crippen molar-refractivity contribution < 1.29 is 18.9 Å². The number of aliphatic hydroxyl groups is 1. The number of nitrogens with one attached hydrogen (secondary N) is 2. The molecule has 1 fully saturated rings. The molecule has 3 rings (SSSR count). The van der Waals surface area contributed by atoms with Crippen LogP contribution >= 0.6 is 0 Å². The van der Waals surface area contributed by atoms with E-state index in [4.69, 9.17) is 12.2 Å². The molecule has 8 heteroatoms. The zero-order chi connectivity index (χ0) is 37.3. The third kappa shape index (κ3) is 30.8. The van der Waals surface area contributed by atoms with Crippen LogP contribution in [-0.4, -0.2) is 57.9 Å². The van der Waals surface area contributed by atoms with Gasteiger partial charge in [-0.2, -0.15) is 0 Å². The largest absolute Gasteiger partial charge is 0.391 e. The fourth-order valence-electron chi connectivity index (χ4n) is 4.56. The van der Waals surface area contributed by atoms with Crippen LogP contribution in [0.25, 0.3) is 0 Å². The Morgan fingerprint density at radius 3 is 1.96 bits per heavy atom. The maximum atomic E-state index is 12.1. The van der Waals surface area contributed by atoms with Gasteiger partial charge in [0.25, 0.3) is 0 Å². The van der Waals surface area contributed by atoms with Crippen LogP contribution in [0.5, 0.6) is 0 Å². The molecule has 3 atom stereocenters.